The Morgan fingerprint density at radius 1 is 1.15 bits per heavy atom. The first-order valence-electron chi connectivity index (χ1n) is 8.21. The van der Waals surface area contributed by atoms with Gasteiger partial charge in [0.05, 0.1) is 0 Å². The summed E-state index contributed by atoms with van der Waals surface area (Å²) in [6.07, 6.45) is 6.37. The Morgan fingerprint density at radius 3 is 2.55 bits per heavy atom. The van der Waals surface area contributed by atoms with E-state index in [0.717, 1.165) is 31.1 Å². The van der Waals surface area contributed by atoms with E-state index < -0.39 is 0 Å². The van der Waals surface area contributed by atoms with E-state index in [1.165, 1.54) is 24.8 Å². The Labute approximate surface area is 123 Å². The van der Waals surface area contributed by atoms with Crippen molar-refractivity contribution in [3.05, 3.63) is 29.8 Å². The van der Waals surface area contributed by atoms with Crippen LogP contribution in [-0.4, -0.2) is 18.7 Å². The number of hydrogen-bond acceptors (Lipinski definition) is 2. The smallest absolute Gasteiger partial charge is 0.119 e. The number of rotatable bonds is 6. The van der Waals surface area contributed by atoms with Gasteiger partial charge in [0.1, 0.15) is 11.9 Å². The molecule has 0 aliphatic heterocycles. The van der Waals surface area contributed by atoms with Gasteiger partial charge in [-0.05, 0) is 55.8 Å². The average molecular weight is 275 g/mol. The lowest BCUT2D eigenvalue weighted by atomic mass is 9.85. The lowest BCUT2D eigenvalue weighted by molar-refractivity contribution is 0.0916. The minimum absolute atomic E-state index is 0.315. The van der Waals surface area contributed by atoms with Gasteiger partial charge >= 0.3 is 0 Å². The van der Waals surface area contributed by atoms with E-state index in [2.05, 4.69) is 50.4 Å². The normalized spacial score (nSPS) is 26.4. The van der Waals surface area contributed by atoms with Crippen LogP contribution in [0.3, 0.4) is 0 Å². The molecule has 3 unspecified atom stereocenters. The highest BCUT2D eigenvalue weighted by Crippen LogP contribution is 2.28. The summed E-state index contributed by atoms with van der Waals surface area (Å²) in [7, 11) is 0. The van der Waals surface area contributed by atoms with Crippen LogP contribution in [0.5, 0.6) is 5.75 Å². The van der Waals surface area contributed by atoms with Crippen molar-refractivity contribution in [3.8, 4) is 5.75 Å². The molecule has 0 radical (unpaired) electrons. The number of benzene rings is 1. The number of nitrogens with one attached hydrogen (secondary N) is 1. The van der Waals surface area contributed by atoms with Crippen molar-refractivity contribution in [1.82, 2.24) is 5.32 Å². The summed E-state index contributed by atoms with van der Waals surface area (Å²) < 4.78 is 6.26. The molecule has 2 heteroatoms. The molecule has 1 aromatic carbocycles. The molecule has 1 aromatic rings. The van der Waals surface area contributed by atoms with E-state index in [1.54, 1.807) is 0 Å². The number of likely N-dealkylation sites (N-methyl/N-ethyl adjacent to an activating group) is 1. The van der Waals surface area contributed by atoms with Gasteiger partial charge in [-0.25, -0.2) is 0 Å². The molecule has 2 rings (SSSR count). The maximum atomic E-state index is 6.26. The molecule has 112 valence electrons. The minimum Gasteiger partial charge on any atom is -0.489 e. The van der Waals surface area contributed by atoms with E-state index in [-0.39, 0.29) is 0 Å². The third kappa shape index (κ3) is 4.24. The fourth-order valence-electron chi connectivity index (χ4n) is 3.15. The summed E-state index contributed by atoms with van der Waals surface area (Å²) in [5.74, 6) is 1.79. The summed E-state index contributed by atoms with van der Waals surface area (Å²) in [6.45, 7) is 7.75. The highest BCUT2D eigenvalue weighted by atomic mass is 16.5. The SMILES string of the molecule is CCCc1ccc(OC2CC(C)CCC2NCC)cc1. The monoisotopic (exact) mass is 275 g/mol. The van der Waals surface area contributed by atoms with E-state index in [9.17, 15) is 0 Å². The zero-order valence-electron chi connectivity index (χ0n) is 13.2. The predicted octanol–water partition coefficient (Wildman–Crippen LogP) is 4.18. The van der Waals surface area contributed by atoms with Gasteiger partial charge in [-0.15, -0.1) is 0 Å². The zero-order chi connectivity index (χ0) is 14.4. The lowest BCUT2D eigenvalue weighted by Gasteiger charge is -2.35. The highest BCUT2D eigenvalue weighted by molar-refractivity contribution is 5.27. The van der Waals surface area contributed by atoms with Gasteiger partial charge in [-0.1, -0.05) is 39.3 Å². The summed E-state index contributed by atoms with van der Waals surface area (Å²) in [5.41, 5.74) is 1.40. The predicted molar refractivity (Wildman–Crippen MR) is 85.3 cm³/mol. The van der Waals surface area contributed by atoms with Gasteiger partial charge in [0.2, 0.25) is 0 Å². The first kappa shape index (κ1) is 15.4. The number of ether oxygens (including phenoxy) is 1. The molecule has 3 atom stereocenters. The first-order valence-corrected chi connectivity index (χ1v) is 8.21. The van der Waals surface area contributed by atoms with Crippen molar-refractivity contribution >= 4 is 0 Å². The molecule has 1 aliphatic carbocycles. The quantitative estimate of drug-likeness (QED) is 0.840. The van der Waals surface area contributed by atoms with Crippen molar-refractivity contribution in [2.24, 2.45) is 5.92 Å². The molecule has 1 aliphatic rings. The molecule has 0 heterocycles. The van der Waals surface area contributed by atoms with Crippen molar-refractivity contribution in [2.75, 3.05) is 6.54 Å². The van der Waals surface area contributed by atoms with E-state index >= 15 is 0 Å². The molecule has 2 nitrogen and oxygen atoms in total. The maximum Gasteiger partial charge on any atom is 0.119 e. The molecule has 0 aromatic heterocycles. The van der Waals surface area contributed by atoms with Gasteiger partial charge in [0.15, 0.2) is 0 Å². The Balaban J connectivity index is 1.98. The topological polar surface area (TPSA) is 21.3 Å². The fraction of sp³-hybridized carbons (Fsp3) is 0.667. The zero-order valence-corrected chi connectivity index (χ0v) is 13.2. The third-order valence-corrected chi connectivity index (χ3v) is 4.27. The largest absolute Gasteiger partial charge is 0.489 e. The summed E-state index contributed by atoms with van der Waals surface area (Å²) in [6, 6.07) is 9.17. The van der Waals surface area contributed by atoms with Crippen LogP contribution in [0.2, 0.25) is 0 Å². The molecule has 0 bridgehead atoms. The molecule has 1 N–H and O–H groups in total. The van der Waals surface area contributed by atoms with Gasteiger partial charge in [-0.3, -0.25) is 0 Å². The van der Waals surface area contributed by atoms with Crippen LogP contribution in [0.4, 0.5) is 0 Å². The Morgan fingerprint density at radius 2 is 1.90 bits per heavy atom. The van der Waals surface area contributed by atoms with Crippen molar-refractivity contribution in [1.29, 1.82) is 0 Å². The molecule has 0 spiro atoms. The van der Waals surface area contributed by atoms with Crippen LogP contribution >= 0.6 is 0 Å². The minimum atomic E-state index is 0.315. The van der Waals surface area contributed by atoms with E-state index in [1.807, 2.05) is 0 Å². The fourth-order valence-corrected chi connectivity index (χ4v) is 3.15. The highest BCUT2D eigenvalue weighted by Gasteiger charge is 2.29. The molecule has 0 amide bonds. The van der Waals surface area contributed by atoms with Gasteiger partial charge in [-0.2, -0.15) is 0 Å². The summed E-state index contributed by atoms with van der Waals surface area (Å²) >= 11 is 0. The molecular formula is C18H29NO. The average Bonchev–Trinajstić information content (AvgIpc) is 2.44. The van der Waals surface area contributed by atoms with Gasteiger partial charge in [0.25, 0.3) is 0 Å². The molecular weight excluding hydrogens is 246 g/mol. The number of aryl methyl sites for hydroxylation is 1. The Bertz CT molecular complexity index is 387. The second kappa shape index (κ2) is 7.68. The van der Waals surface area contributed by atoms with Crippen molar-refractivity contribution in [2.45, 2.75) is 65.0 Å². The molecule has 1 saturated carbocycles. The maximum absolute atomic E-state index is 6.26. The second-order valence-electron chi connectivity index (χ2n) is 6.13. The molecule has 1 fully saturated rings. The molecule has 20 heavy (non-hydrogen) atoms. The Kier molecular flexibility index (Phi) is 5.90. The van der Waals surface area contributed by atoms with Crippen LogP contribution in [0.25, 0.3) is 0 Å². The first-order chi connectivity index (χ1) is 9.72. The second-order valence-corrected chi connectivity index (χ2v) is 6.13. The molecule has 0 saturated heterocycles. The van der Waals surface area contributed by atoms with Crippen molar-refractivity contribution in [3.63, 3.8) is 0 Å². The van der Waals surface area contributed by atoms with Crippen LogP contribution < -0.4 is 10.1 Å². The Hall–Kier alpha value is -1.02. The lowest BCUT2D eigenvalue weighted by Crippen LogP contribution is -2.46. The standard InChI is InChI=1S/C18H29NO/c1-4-6-15-8-10-16(11-9-15)20-18-13-14(3)7-12-17(18)19-5-2/h8-11,14,17-19H,4-7,12-13H2,1-3H3. The van der Waals surface area contributed by atoms with Crippen LogP contribution in [0.15, 0.2) is 24.3 Å². The van der Waals surface area contributed by atoms with Gasteiger partial charge < -0.3 is 10.1 Å². The van der Waals surface area contributed by atoms with Gasteiger partial charge in [0, 0.05) is 6.04 Å². The third-order valence-electron chi connectivity index (χ3n) is 4.27. The number of hydrogen-bond donors (Lipinski definition) is 1. The summed E-state index contributed by atoms with van der Waals surface area (Å²) in [5, 5.41) is 3.58. The van der Waals surface area contributed by atoms with Crippen LogP contribution in [0, 0.1) is 5.92 Å². The van der Waals surface area contributed by atoms with Crippen LogP contribution in [0.1, 0.15) is 52.0 Å². The van der Waals surface area contributed by atoms with Crippen molar-refractivity contribution < 1.29 is 4.74 Å². The summed E-state index contributed by atoms with van der Waals surface area (Å²) in [4.78, 5) is 0. The van der Waals surface area contributed by atoms with E-state index in [4.69, 9.17) is 4.74 Å². The van der Waals surface area contributed by atoms with Crippen LogP contribution in [-0.2, 0) is 6.42 Å². The van der Waals surface area contributed by atoms with E-state index in [0.29, 0.717) is 12.1 Å².